The zero-order valence-corrected chi connectivity index (χ0v) is 14.5. The van der Waals surface area contributed by atoms with E-state index in [9.17, 15) is 4.79 Å². The van der Waals surface area contributed by atoms with Crippen LogP contribution in [-0.2, 0) is 24.8 Å². The first kappa shape index (κ1) is 16.1. The molecule has 1 amide bonds. The number of aromatic nitrogens is 3. The van der Waals surface area contributed by atoms with Crippen LogP contribution in [0.5, 0.6) is 0 Å². The van der Waals surface area contributed by atoms with E-state index >= 15 is 0 Å². The Morgan fingerprint density at radius 1 is 1.52 bits per heavy atom. The van der Waals surface area contributed by atoms with Crippen molar-refractivity contribution < 1.29 is 4.79 Å². The molecule has 2 aromatic rings. The van der Waals surface area contributed by atoms with Crippen LogP contribution in [0, 0.1) is 5.92 Å². The number of nitrogens with zero attached hydrogens (tertiary/aromatic N) is 4. The van der Waals surface area contributed by atoms with E-state index in [1.54, 1.807) is 0 Å². The van der Waals surface area contributed by atoms with Gasteiger partial charge in [-0.1, -0.05) is 0 Å². The average molecular weight is 333 g/mol. The van der Waals surface area contributed by atoms with E-state index in [2.05, 4.69) is 31.8 Å². The number of imidazole rings is 1. The van der Waals surface area contributed by atoms with Gasteiger partial charge in [-0.2, -0.15) is 0 Å². The Kier molecular flexibility index (Phi) is 5.07. The van der Waals surface area contributed by atoms with Gasteiger partial charge < -0.3 is 9.88 Å². The molecule has 2 aromatic heterocycles. The molecule has 1 saturated heterocycles. The molecule has 1 atom stereocenters. The largest absolute Gasteiger partial charge is 0.338 e. The number of likely N-dealkylation sites (tertiary alicyclic amines) is 1. The number of carbonyl (C=O) groups excluding carboxylic acids is 1. The van der Waals surface area contributed by atoms with Gasteiger partial charge in [0.25, 0.3) is 0 Å². The molecule has 7 heteroatoms. The van der Waals surface area contributed by atoms with Crippen LogP contribution in [0.4, 0.5) is 5.13 Å². The Balaban J connectivity index is 1.55. The molecule has 1 aliphatic heterocycles. The molecule has 0 spiro atoms. The van der Waals surface area contributed by atoms with Crippen molar-refractivity contribution in [3.8, 4) is 0 Å². The molecule has 3 rings (SSSR count). The van der Waals surface area contributed by atoms with Crippen LogP contribution in [0.3, 0.4) is 0 Å². The van der Waals surface area contributed by atoms with Gasteiger partial charge in [-0.15, -0.1) is 11.3 Å². The molecule has 1 fully saturated rings. The predicted octanol–water partition coefficient (Wildman–Crippen LogP) is 2.29. The van der Waals surface area contributed by atoms with Crippen molar-refractivity contribution in [3.05, 3.63) is 29.3 Å². The highest BCUT2D eigenvalue weighted by Crippen LogP contribution is 2.23. The smallest absolute Gasteiger partial charge is 0.223 e. The van der Waals surface area contributed by atoms with Gasteiger partial charge in [0.1, 0.15) is 5.82 Å². The lowest BCUT2D eigenvalue weighted by Crippen LogP contribution is -2.36. The summed E-state index contributed by atoms with van der Waals surface area (Å²) in [6.45, 7) is 4.56. The summed E-state index contributed by atoms with van der Waals surface area (Å²) in [7, 11) is 2.06. The fraction of sp³-hybridized carbons (Fsp3) is 0.562. The zero-order valence-electron chi connectivity index (χ0n) is 13.7. The van der Waals surface area contributed by atoms with Crippen LogP contribution in [0.25, 0.3) is 0 Å². The first-order valence-electron chi connectivity index (χ1n) is 8.00. The normalized spacial score (nSPS) is 19.0. The number of aryl methyl sites for hydroxylation is 1. The fourth-order valence-corrected chi connectivity index (χ4v) is 3.88. The number of amides is 1. The summed E-state index contributed by atoms with van der Waals surface area (Å²) < 4.78 is 2.11. The summed E-state index contributed by atoms with van der Waals surface area (Å²) in [6, 6.07) is 0. The third kappa shape index (κ3) is 4.39. The van der Waals surface area contributed by atoms with E-state index in [0.29, 0.717) is 11.0 Å². The van der Waals surface area contributed by atoms with Crippen molar-refractivity contribution in [1.82, 2.24) is 19.4 Å². The molecule has 23 heavy (non-hydrogen) atoms. The first-order chi connectivity index (χ1) is 11.1. The van der Waals surface area contributed by atoms with Gasteiger partial charge in [-0.05, 0) is 25.3 Å². The van der Waals surface area contributed by atoms with Crippen LogP contribution >= 0.6 is 11.3 Å². The maximum atomic E-state index is 11.1. The molecule has 0 aliphatic carbocycles. The molecule has 0 saturated carbocycles. The van der Waals surface area contributed by atoms with Crippen LogP contribution in [0.1, 0.15) is 31.3 Å². The van der Waals surface area contributed by atoms with E-state index in [0.717, 1.165) is 31.7 Å². The minimum atomic E-state index is -0.0704. The van der Waals surface area contributed by atoms with Crippen LogP contribution < -0.4 is 5.32 Å². The summed E-state index contributed by atoms with van der Waals surface area (Å²) >= 11 is 1.49. The number of piperidine rings is 1. The van der Waals surface area contributed by atoms with Crippen LogP contribution in [0.15, 0.2) is 17.8 Å². The maximum Gasteiger partial charge on any atom is 0.223 e. The van der Waals surface area contributed by atoms with Gasteiger partial charge >= 0.3 is 0 Å². The molecule has 6 nitrogen and oxygen atoms in total. The van der Waals surface area contributed by atoms with Crippen molar-refractivity contribution in [2.75, 3.05) is 18.4 Å². The standard InChI is InChI=1S/C16H23N5OS/c1-12(22)18-16-19-14(11-23-16)10-21-6-3-4-13(9-21)8-15-17-5-7-20(15)2/h5,7,11,13H,3-4,6,8-10H2,1-2H3,(H,18,19,22)/t13-/m1/s1. The zero-order chi connectivity index (χ0) is 16.2. The van der Waals surface area contributed by atoms with Gasteiger partial charge in [0.05, 0.1) is 5.69 Å². The van der Waals surface area contributed by atoms with Crippen molar-refractivity contribution in [1.29, 1.82) is 0 Å². The van der Waals surface area contributed by atoms with E-state index in [1.807, 2.05) is 17.8 Å². The van der Waals surface area contributed by atoms with Crippen molar-refractivity contribution in [2.24, 2.45) is 13.0 Å². The summed E-state index contributed by atoms with van der Waals surface area (Å²) in [5, 5.41) is 5.47. The Bertz CT molecular complexity index is 665. The molecule has 1 aliphatic rings. The second-order valence-corrected chi connectivity index (χ2v) is 7.09. The maximum absolute atomic E-state index is 11.1. The van der Waals surface area contributed by atoms with Crippen molar-refractivity contribution in [3.63, 3.8) is 0 Å². The number of anilines is 1. The first-order valence-corrected chi connectivity index (χ1v) is 8.88. The highest BCUT2D eigenvalue weighted by atomic mass is 32.1. The highest BCUT2D eigenvalue weighted by molar-refractivity contribution is 7.13. The lowest BCUT2D eigenvalue weighted by molar-refractivity contribution is -0.114. The quantitative estimate of drug-likeness (QED) is 0.912. The SMILES string of the molecule is CC(=O)Nc1nc(CN2CCC[C@H](Cc3nccn3C)C2)cs1. The Morgan fingerprint density at radius 3 is 3.13 bits per heavy atom. The summed E-state index contributed by atoms with van der Waals surface area (Å²) in [4.78, 5) is 22.5. The number of rotatable bonds is 5. The van der Waals surface area contributed by atoms with Gasteiger partial charge in [0.15, 0.2) is 5.13 Å². The van der Waals surface area contributed by atoms with E-state index < -0.39 is 0 Å². The van der Waals surface area contributed by atoms with Gasteiger partial charge in [0, 0.05) is 51.3 Å². The topological polar surface area (TPSA) is 63.1 Å². The van der Waals surface area contributed by atoms with Crippen molar-refractivity contribution >= 4 is 22.4 Å². The van der Waals surface area contributed by atoms with E-state index in [-0.39, 0.29) is 5.91 Å². The molecule has 0 bridgehead atoms. The van der Waals surface area contributed by atoms with Crippen molar-refractivity contribution in [2.45, 2.75) is 32.7 Å². The summed E-state index contributed by atoms with van der Waals surface area (Å²) in [5.41, 5.74) is 1.04. The van der Waals surface area contributed by atoms with Gasteiger partial charge in [-0.25, -0.2) is 9.97 Å². The van der Waals surface area contributed by atoms with Crippen LogP contribution in [0.2, 0.25) is 0 Å². The molecule has 0 aromatic carbocycles. The van der Waals surface area contributed by atoms with E-state index in [4.69, 9.17) is 0 Å². The molecule has 3 heterocycles. The average Bonchev–Trinajstić information content (AvgIpc) is 3.09. The Hall–Kier alpha value is -1.73. The number of hydrogen-bond donors (Lipinski definition) is 1. The molecule has 0 radical (unpaired) electrons. The third-order valence-electron chi connectivity index (χ3n) is 4.22. The molecule has 1 N–H and O–H groups in total. The Morgan fingerprint density at radius 2 is 2.39 bits per heavy atom. The minimum Gasteiger partial charge on any atom is -0.338 e. The lowest BCUT2D eigenvalue weighted by atomic mass is 9.94. The lowest BCUT2D eigenvalue weighted by Gasteiger charge is -2.32. The number of nitrogens with one attached hydrogen (secondary N) is 1. The van der Waals surface area contributed by atoms with E-state index in [1.165, 1.54) is 36.9 Å². The minimum absolute atomic E-state index is 0.0704. The third-order valence-corrected chi connectivity index (χ3v) is 5.02. The predicted molar refractivity (Wildman–Crippen MR) is 91.3 cm³/mol. The molecule has 0 unspecified atom stereocenters. The number of carbonyl (C=O) groups is 1. The van der Waals surface area contributed by atoms with Gasteiger partial charge in [0.2, 0.25) is 5.91 Å². The highest BCUT2D eigenvalue weighted by Gasteiger charge is 2.22. The second kappa shape index (κ2) is 7.23. The summed E-state index contributed by atoms with van der Waals surface area (Å²) in [6.07, 6.45) is 7.40. The molecular weight excluding hydrogens is 310 g/mol. The monoisotopic (exact) mass is 333 g/mol. The Labute approximate surface area is 140 Å². The van der Waals surface area contributed by atoms with Gasteiger partial charge in [-0.3, -0.25) is 9.69 Å². The molecule has 124 valence electrons. The molecular formula is C16H23N5OS. The summed E-state index contributed by atoms with van der Waals surface area (Å²) in [5.74, 6) is 1.75. The fourth-order valence-electron chi connectivity index (χ4n) is 3.13. The van der Waals surface area contributed by atoms with Crippen LogP contribution in [-0.4, -0.2) is 38.4 Å². The second-order valence-electron chi connectivity index (χ2n) is 6.23. The number of hydrogen-bond acceptors (Lipinski definition) is 5. The number of thiazole rings is 1.